The molecule has 0 aliphatic rings. The SMILES string of the molecule is C/C=N/OCC(C)(C)C. The van der Waals surface area contributed by atoms with Gasteiger partial charge in [0.15, 0.2) is 0 Å². The van der Waals surface area contributed by atoms with E-state index in [4.69, 9.17) is 4.84 Å². The van der Waals surface area contributed by atoms with Crippen LogP contribution in [0.15, 0.2) is 5.16 Å². The van der Waals surface area contributed by atoms with Crippen LogP contribution < -0.4 is 0 Å². The Balaban J connectivity index is 3.28. The van der Waals surface area contributed by atoms with Gasteiger partial charge in [0.05, 0.1) is 0 Å². The van der Waals surface area contributed by atoms with Gasteiger partial charge >= 0.3 is 0 Å². The molecule has 0 unspecified atom stereocenters. The maximum Gasteiger partial charge on any atom is 0.122 e. The summed E-state index contributed by atoms with van der Waals surface area (Å²) in [6.07, 6.45) is 1.64. The van der Waals surface area contributed by atoms with E-state index in [1.165, 1.54) is 0 Å². The monoisotopic (exact) mass is 129 g/mol. The van der Waals surface area contributed by atoms with Crippen LogP contribution in [-0.4, -0.2) is 12.8 Å². The lowest BCUT2D eigenvalue weighted by atomic mass is 9.99. The van der Waals surface area contributed by atoms with Crippen molar-refractivity contribution in [2.24, 2.45) is 10.6 Å². The molecule has 2 heteroatoms. The smallest absolute Gasteiger partial charge is 0.122 e. The highest BCUT2D eigenvalue weighted by Crippen LogP contribution is 2.12. The van der Waals surface area contributed by atoms with Crippen molar-refractivity contribution in [3.8, 4) is 0 Å². The van der Waals surface area contributed by atoms with E-state index >= 15 is 0 Å². The summed E-state index contributed by atoms with van der Waals surface area (Å²) < 4.78 is 0. The molecule has 0 amide bonds. The van der Waals surface area contributed by atoms with Gasteiger partial charge in [-0.25, -0.2) is 0 Å². The van der Waals surface area contributed by atoms with E-state index < -0.39 is 0 Å². The highest BCUT2D eigenvalue weighted by atomic mass is 16.6. The fourth-order valence-electron chi connectivity index (χ4n) is 0.305. The zero-order valence-electron chi connectivity index (χ0n) is 6.64. The normalized spacial score (nSPS) is 12.4. The lowest BCUT2D eigenvalue weighted by molar-refractivity contribution is 0.0781. The van der Waals surface area contributed by atoms with Gasteiger partial charge < -0.3 is 4.84 Å². The van der Waals surface area contributed by atoms with E-state index in [0.717, 1.165) is 0 Å². The van der Waals surface area contributed by atoms with Crippen LogP contribution in [0.1, 0.15) is 27.7 Å². The molecule has 0 radical (unpaired) electrons. The molecule has 0 saturated heterocycles. The molecular weight excluding hydrogens is 114 g/mol. The van der Waals surface area contributed by atoms with Crippen LogP contribution >= 0.6 is 0 Å². The predicted octanol–water partition coefficient (Wildman–Crippen LogP) is 2.05. The third kappa shape index (κ3) is 7.47. The summed E-state index contributed by atoms with van der Waals surface area (Å²) in [5.74, 6) is 0. The average Bonchev–Trinajstić information content (AvgIpc) is 1.63. The van der Waals surface area contributed by atoms with Gasteiger partial charge in [-0.05, 0) is 12.3 Å². The number of rotatable bonds is 2. The van der Waals surface area contributed by atoms with Crippen LogP contribution in [0.5, 0.6) is 0 Å². The van der Waals surface area contributed by atoms with E-state index in [-0.39, 0.29) is 5.41 Å². The summed E-state index contributed by atoms with van der Waals surface area (Å²) in [6, 6.07) is 0. The van der Waals surface area contributed by atoms with Crippen LogP contribution in [0.25, 0.3) is 0 Å². The van der Waals surface area contributed by atoms with Crippen molar-refractivity contribution in [2.45, 2.75) is 27.7 Å². The second-order valence-corrected chi connectivity index (χ2v) is 3.20. The van der Waals surface area contributed by atoms with Gasteiger partial charge in [0.2, 0.25) is 0 Å². The van der Waals surface area contributed by atoms with Crippen molar-refractivity contribution in [1.29, 1.82) is 0 Å². The molecule has 0 heterocycles. The summed E-state index contributed by atoms with van der Waals surface area (Å²) in [7, 11) is 0. The van der Waals surface area contributed by atoms with Crippen molar-refractivity contribution in [3.05, 3.63) is 0 Å². The molecule has 54 valence electrons. The highest BCUT2D eigenvalue weighted by Gasteiger charge is 2.09. The Kier molecular flexibility index (Phi) is 3.28. The summed E-state index contributed by atoms with van der Waals surface area (Å²) in [5, 5.41) is 3.63. The molecule has 9 heavy (non-hydrogen) atoms. The molecule has 0 atom stereocenters. The molecule has 0 rings (SSSR count). The van der Waals surface area contributed by atoms with Gasteiger partial charge in [-0.1, -0.05) is 25.9 Å². The molecule has 0 aromatic heterocycles. The van der Waals surface area contributed by atoms with Crippen LogP contribution in [0, 0.1) is 5.41 Å². The van der Waals surface area contributed by atoms with Crippen molar-refractivity contribution in [2.75, 3.05) is 6.61 Å². The minimum Gasteiger partial charge on any atom is -0.396 e. The summed E-state index contributed by atoms with van der Waals surface area (Å²) in [5.41, 5.74) is 0.215. The van der Waals surface area contributed by atoms with E-state index in [9.17, 15) is 0 Å². The number of oxime groups is 1. The summed E-state index contributed by atoms with van der Waals surface area (Å²) in [4.78, 5) is 4.92. The topological polar surface area (TPSA) is 21.6 Å². The van der Waals surface area contributed by atoms with Crippen LogP contribution in [-0.2, 0) is 4.84 Å². The molecule has 0 bridgehead atoms. The first-order valence-corrected chi connectivity index (χ1v) is 3.16. The van der Waals surface area contributed by atoms with E-state index in [1.54, 1.807) is 6.21 Å². The predicted molar refractivity (Wildman–Crippen MR) is 39.6 cm³/mol. The van der Waals surface area contributed by atoms with Crippen LogP contribution in [0.4, 0.5) is 0 Å². The third-order valence-electron chi connectivity index (χ3n) is 0.678. The van der Waals surface area contributed by atoms with Gasteiger partial charge in [0.1, 0.15) is 6.61 Å². The molecule has 0 spiro atoms. The van der Waals surface area contributed by atoms with Crippen LogP contribution in [0.3, 0.4) is 0 Å². The Morgan fingerprint density at radius 2 is 2.00 bits per heavy atom. The zero-order valence-corrected chi connectivity index (χ0v) is 6.64. The lowest BCUT2D eigenvalue weighted by Crippen LogP contribution is -2.12. The Bertz CT molecular complexity index is 91.6. The standard InChI is InChI=1S/C7H15NO/c1-5-8-9-6-7(2,3)4/h5H,6H2,1-4H3/b8-5+. The fraction of sp³-hybridized carbons (Fsp3) is 0.857. The average molecular weight is 129 g/mol. The molecule has 0 aromatic carbocycles. The molecule has 0 aliphatic carbocycles. The zero-order chi connectivity index (χ0) is 7.33. The fourth-order valence-corrected chi connectivity index (χ4v) is 0.305. The third-order valence-corrected chi connectivity index (χ3v) is 0.678. The maximum atomic E-state index is 4.92. The number of hydrogen-bond acceptors (Lipinski definition) is 2. The summed E-state index contributed by atoms with van der Waals surface area (Å²) >= 11 is 0. The largest absolute Gasteiger partial charge is 0.396 e. The van der Waals surface area contributed by atoms with E-state index in [0.29, 0.717) is 6.61 Å². The van der Waals surface area contributed by atoms with Gasteiger partial charge in [0.25, 0.3) is 0 Å². The second kappa shape index (κ2) is 3.49. The first-order valence-electron chi connectivity index (χ1n) is 3.16. The Labute approximate surface area is 56.9 Å². The van der Waals surface area contributed by atoms with Gasteiger partial charge in [0, 0.05) is 6.21 Å². The first kappa shape index (κ1) is 8.47. The molecule has 0 fully saturated rings. The van der Waals surface area contributed by atoms with E-state index in [2.05, 4.69) is 25.9 Å². The molecule has 2 nitrogen and oxygen atoms in total. The van der Waals surface area contributed by atoms with Crippen molar-refractivity contribution in [1.82, 2.24) is 0 Å². The molecule has 0 saturated carbocycles. The molecular formula is C7H15NO. The lowest BCUT2D eigenvalue weighted by Gasteiger charge is -2.14. The number of hydrogen-bond donors (Lipinski definition) is 0. The molecule has 0 N–H and O–H groups in total. The maximum absolute atomic E-state index is 4.92. The van der Waals surface area contributed by atoms with Crippen molar-refractivity contribution in [3.63, 3.8) is 0 Å². The first-order chi connectivity index (χ1) is 4.06. The Hall–Kier alpha value is -0.530. The van der Waals surface area contributed by atoms with Crippen molar-refractivity contribution >= 4 is 6.21 Å². The quantitative estimate of drug-likeness (QED) is 0.413. The second-order valence-electron chi connectivity index (χ2n) is 3.20. The van der Waals surface area contributed by atoms with Gasteiger partial charge in [-0.15, -0.1) is 0 Å². The number of nitrogens with zero attached hydrogens (tertiary/aromatic N) is 1. The molecule has 0 aromatic rings. The van der Waals surface area contributed by atoms with Crippen molar-refractivity contribution < 1.29 is 4.84 Å². The molecule has 0 aliphatic heterocycles. The minimum atomic E-state index is 0.215. The summed E-state index contributed by atoms with van der Waals surface area (Å²) in [6.45, 7) is 8.84. The van der Waals surface area contributed by atoms with E-state index in [1.807, 2.05) is 6.92 Å². The Morgan fingerprint density at radius 1 is 1.44 bits per heavy atom. The minimum absolute atomic E-state index is 0.215. The van der Waals surface area contributed by atoms with Gasteiger partial charge in [-0.2, -0.15) is 0 Å². The highest BCUT2D eigenvalue weighted by molar-refractivity contribution is 5.52. The van der Waals surface area contributed by atoms with Gasteiger partial charge in [-0.3, -0.25) is 0 Å². The Morgan fingerprint density at radius 3 is 2.33 bits per heavy atom. The van der Waals surface area contributed by atoms with Crippen LogP contribution in [0.2, 0.25) is 0 Å².